The van der Waals surface area contributed by atoms with Gasteiger partial charge in [-0.3, -0.25) is 9.55 Å². The zero-order valence-electron chi connectivity index (χ0n) is 14.4. The zero-order chi connectivity index (χ0) is 17.8. The Balaban J connectivity index is 1.75. The number of aromatic nitrogens is 4. The first-order valence-electron chi connectivity index (χ1n) is 8.41. The third-order valence-electron chi connectivity index (χ3n) is 4.04. The molecule has 4 nitrogen and oxygen atoms in total. The molecule has 26 heavy (non-hydrogen) atoms. The molecule has 0 aliphatic heterocycles. The standard InChI is InChI=1S/C21H18N4S/c1-16-6-5-9-19(14-16)25-20(18-10-12-22-13-11-18)23-24-21(25)26-15-17-7-3-2-4-8-17/h2-14H,15H2,1H3. The molecule has 0 saturated carbocycles. The van der Waals surface area contributed by atoms with Crippen molar-refractivity contribution in [3.63, 3.8) is 0 Å². The molecule has 0 saturated heterocycles. The van der Waals surface area contributed by atoms with Gasteiger partial charge < -0.3 is 0 Å². The highest BCUT2D eigenvalue weighted by atomic mass is 32.2. The number of hydrogen-bond acceptors (Lipinski definition) is 4. The van der Waals surface area contributed by atoms with Gasteiger partial charge >= 0.3 is 0 Å². The zero-order valence-corrected chi connectivity index (χ0v) is 15.2. The number of benzene rings is 2. The third-order valence-corrected chi connectivity index (χ3v) is 5.04. The van der Waals surface area contributed by atoms with Gasteiger partial charge in [-0.05, 0) is 42.3 Å². The number of rotatable bonds is 5. The fourth-order valence-corrected chi connectivity index (χ4v) is 3.68. The summed E-state index contributed by atoms with van der Waals surface area (Å²) in [4.78, 5) is 4.11. The van der Waals surface area contributed by atoms with Crippen molar-refractivity contribution in [1.82, 2.24) is 19.7 Å². The van der Waals surface area contributed by atoms with Crippen LogP contribution >= 0.6 is 11.8 Å². The molecule has 5 heteroatoms. The van der Waals surface area contributed by atoms with Gasteiger partial charge in [0, 0.05) is 29.4 Å². The lowest BCUT2D eigenvalue weighted by molar-refractivity contribution is 0.885. The Morgan fingerprint density at radius 2 is 1.69 bits per heavy atom. The summed E-state index contributed by atoms with van der Waals surface area (Å²) >= 11 is 1.69. The molecule has 0 fully saturated rings. The molecule has 0 bridgehead atoms. The van der Waals surface area contributed by atoms with E-state index in [2.05, 4.69) is 75.2 Å². The Labute approximate surface area is 157 Å². The summed E-state index contributed by atoms with van der Waals surface area (Å²) in [6.07, 6.45) is 3.56. The highest BCUT2D eigenvalue weighted by molar-refractivity contribution is 7.98. The largest absolute Gasteiger partial charge is 0.270 e. The maximum atomic E-state index is 4.47. The van der Waals surface area contributed by atoms with Crippen LogP contribution in [0.4, 0.5) is 0 Å². The van der Waals surface area contributed by atoms with E-state index in [0.717, 1.165) is 28.0 Å². The molecular weight excluding hydrogens is 340 g/mol. The van der Waals surface area contributed by atoms with Crippen LogP contribution in [-0.4, -0.2) is 19.7 Å². The first-order valence-corrected chi connectivity index (χ1v) is 9.39. The molecule has 128 valence electrons. The average Bonchev–Trinajstić information content (AvgIpc) is 3.12. The smallest absolute Gasteiger partial charge is 0.196 e. The normalized spacial score (nSPS) is 10.8. The van der Waals surface area contributed by atoms with Crippen molar-refractivity contribution in [3.8, 4) is 17.1 Å². The Bertz CT molecular complexity index is 997. The first-order chi connectivity index (χ1) is 12.8. The predicted molar refractivity (Wildman–Crippen MR) is 105 cm³/mol. The van der Waals surface area contributed by atoms with Crippen molar-refractivity contribution in [2.24, 2.45) is 0 Å². The van der Waals surface area contributed by atoms with Crippen LogP contribution in [0, 0.1) is 6.92 Å². The quantitative estimate of drug-likeness (QED) is 0.475. The Morgan fingerprint density at radius 3 is 2.46 bits per heavy atom. The molecule has 0 aliphatic rings. The van der Waals surface area contributed by atoms with Gasteiger partial charge in [-0.2, -0.15) is 0 Å². The van der Waals surface area contributed by atoms with E-state index in [9.17, 15) is 0 Å². The summed E-state index contributed by atoms with van der Waals surface area (Å²) in [5, 5.41) is 9.82. The molecule has 2 aromatic carbocycles. The van der Waals surface area contributed by atoms with Crippen molar-refractivity contribution in [1.29, 1.82) is 0 Å². The van der Waals surface area contributed by atoms with E-state index in [0.29, 0.717) is 0 Å². The molecule has 2 heterocycles. The van der Waals surface area contributed by atoms with E-state index < -0.39 is 0 Å². The summed E-state index contributed by atoms with van der Waals surface area (Å²) in [5.74, 6) is 1.68. The molecule has 0 aliphatic carbocycles. The second kappa shape index (κ2) is 7.54. The average molecular weight is 358 g/mol. The monoisotopic (exact) mass is 358 g/mol. The molecule has 0 unspecified atom stereocenters. The van der Waals surface area contributed by atoms with Crippen molar-refractivity contribution < 1.29 is 0 Å². The molecule has 0 N–H and O–H groups in total. The molecule has 4 rings (SSSR count). The van der Waals surface area contributed by atoms with Gasteiger partial charge in [0.15, 0.2) is 11.0 Å². The van der Waals surface area contributed by atoms with Crippen LogP contribution < -0.4 is 0 Å². The third kappa shape index (κ3) is 3.53. The van der Waals surface area contributed by atoms with Crippen LogP contribution in [0.15, 0.2) is 84.3 Å². The second-order valence-electron chi connectivity index (χ2n) is 5.99. The van der Waals surface area contributed by atoms with E-state index in [4.69, 9.17) is 0 Å². The van der Waals surface area contributed by atoms with Crippen molar-refractivity contribution in [2.75, 3.05) is 0 Å². The van der Waals surface area contributed by atoms with Gasteiger partial charge in [-0.1, -0.05) is 54.2 Å². The number of nitrogens with zero attached hydrogens (tertiary/aromatic N) is 4. The van der Waals surface area contributed by atoms with Gasteiger partial charge in [-0.15, -0.1) is 10.2 Å². The van der Waals surface area contributed by atoms with E-state index in [1.165, 1.54) is 11.1 Å². The van der Waals surface area contributed by atoms with Gasteiger partial charge in [0.05, 0.1) is 0 Å². The van der Waals surface area contributed by atoms with Crippen LogP contribution in [0.3, 0.4) is 0 Å². The maximum Gasteiger partial charge on any atom is 0.196 e. The van der Waals surface area contributed by atoms with E-state index >= 15 is 0 Å². The molecule has 0 atom stereocenters. The van der Waals surface area contributed by atoms with E-state index in [1.807, 2.05) is 18.2 Å². The van der Waals surface area contributed by atoms with Gasteiger partial charge in [0.2, 0.25) is 0 Å². The highest BCUT2D eigenvalue weighted by Gasteiger charge is 2.16. The fourth-order valence-electron chi connectivity index (χ4n) is 2.77. The van der Waals surface area contributed by atoms with Gasteiger partial charge in [0.1, 0.15) is 0 Å². The molecule has 0 amide bonds. The lowest BCUT2D eigenvalue weighted by atomic mass is 10.2. The van der Waals surface area contributed by atoms with E-state index in [-0.39, 0.29) is 0 Å². The molecule has 0 radical (unpaired) electrons. The summed E-state index contributed by atoms with van der Waals surface area (Å²) in [5.41, 5.74) is 4.54. The highest BCUT2D eigenvalue weighted by Crippen LogP contribution is 2.29. The minimum Gasteiger partial charge on any atom is -0.270 e. The number of hydrogen-bond donors (Lipinski definition) is 0. The topological polar surface area (TPSA) is 43.6 Å². The number of pyridine rings is 1. The Kier molecular flexibility index (Phi) is 4.80. The molecule has 4 aromatic rings. The fraction of sp³-hybridized carbons (Fsp3) is 0.0952. The number of aryl methyl sites for hydroxylation is 1. The maximum absolute atomic E-state index is 4.47. The van der Waals surface area contributed by atoms with Crippen molar-refractivity contribution in [3.05, 3.63) is 90.3 Å². The summed E-state index contributed by atoms with van der Waals surface area (Å²) < 4.78 is 2.12. The van der Waals surface area contributed by atoms with Crippen LogP contribution in [0.25, 0.3) is 17.1 Å². The van der Waals surface area contributed by atoms with Crippen LogP contribution in [0.5, 0.6) is 0 Å². The Hall–Kier alpha value is -2.92. The minimum atomic E-state index is 0.827. The van der Waals surface area contributed by atoms with E-state index in [1.54, 1.807) is 24.2 Å². The van der Waals surface area contributed by atoms with Crippen LogP contribution in [0.1, 0.15) is 11.1 Å². The van der Waals surface area contributed by atoms with Gasteiger partial charge in [0.25, 0.3) is 0 Å². The Morgan fingerprint density at radius 1 is 0.885 bits per heavy atom. The SMILES string of the molecule is Cc1cccc(-n2c(SCc3ccccc3)nnc2-c2ccncc2)c1. The predicted octanol–water partition coefficient (Wildman–Crippen LogP) is 4.93. The summed E-state index contributed by atoms with van der Waals surface area (Å²) in [7, 11) is 0. The number of thioether (sulfide) groups is 1. The van der Waals surface area contributed by atoms with Gasteiger partial charge in [-0.25, -0.2) is 0 Å². The molecular formula is C21H18N4S. The summed E-state index contributed by atoms with van der Waals surface area (Å²) in [6, 6.07) is 22.7. The first kappa shape index (κ1) is 16.5. The van der Waals surface area contributed by atoms with Crippen LogP contribution in [-0.2, 0) is 5.75 Å². The second-order valence-corrected chi connectivity index (χ2v) is 6.93. The molecule has 0 spiro atoms. The van der Waals surface area contributed by atoms with Crippen molar-refractivity contribution in [2.45, 2.75) is 17.8 Å². The molecule has 2 aromatic heterocycles. The van der Waals surface area contributed by atoms with Crippen LogP contribution in [0.2, 0.25) is 0 Å². The lowest BCUT2D eigenvalue weighted by Gasteiger charge is -2.11. The lowest BCUT2D eigenvalue weighted by Crippen LogP contribution is -2.00. The summed E-state index contributed by atoms with van der Waals surface area (Å²) in [6.45, 7) is 2.09. The van der Waals surface area contributed by atoms with Crippen molar-refractivity contribution >= 4 is 11.8 Å². The minimum absolute atomic E-state index is 0.827.